The number of nitrogens with zero attached hydrogens (tertiary/aromatic N) is 1. The van der Waals surface area contributed by atoms with Gasteiger partial charge in [0.15, 0.2) is 0 Å². The maximum absolute atomic E-state index is 12.4. The van der Waals surface area contributed by atoms with Crippen LogP contribution < -0.4 is 20.7 Å². The minimum Gasteiger partial charge on any atom is -0.494 e. The van der Waals surface area contributed by atoms with Gasteiger partial charge in [-0.1, -0.05) is 18.2 Å². The number of nitrogens with one attached hydrogen (secondary N) is 1. The van der Waals surface area contributed by atoms with Gasteiger partial charge in [0, 0.05) is 24.5 Å². The van der Waals surface area contributed by atoms with Crippen LogP contribution in [0.2, 0.25) is 0 Å². The third-order valence-corrected chi connectivity index (χ3v) is 3.61. The van der Waals surface area contributed by atoms with Crippen LogP contribution in [0.25, 0.3) is 0 Å². The van der Waals surface area contributed by atoms with E-state index in [1.807, 2.05) is 49.2 Å². The van der Waals surface area contributed by atoms with Crippen molar-refractivity contribution in [2.24, 2.45) is 0 Å². The summed E-state index contributed by atoms with van der Waals surface area (Å²) in [4.78, 5) is 14.4. The van der Waals surface area contributed by atoms with Gasteiger partial charge in [0.05, 0.1) is 12.8 Å². The number of benzene rings is 2. The second-order valence-electron chi connectivity index (χ2n) is 5.07. The van der Waals surface area contributed by atoms with Gasteiger partial charge in [-0.3, -0.25) is 4.79 Å². The molecule has 3 N–H and O–H groups in total. The lowest BCUT2D eigenvalue weighted by Gasteiger charge is -2.26. The molecule has 0 fully saturated rings. The zero-order valence-corrected chi connectivity index (χ0v) is 13.0. The molecule has 5 heteroatoms. The molecule has 2 rings (SSSR count). The van der Waals surface area contributed by atoms with E-state index in [4.69, 9.17) is 10.5 Å². The molecular formula is C17H21N3O2. The Morgan fingerprint density at radius 1 is 1.23 bits per heavy atom. The third kappa shape index (κ3) is 3.49. The van der Waals surface area contributed by atoms with Crippen molar-refractivity contribution in [2.75, 3.05) is 30.1 Å². The summed E-state index contributed by atoms with van der Waals surface area (Å²) in [6, 6.07) is 14.6. The maximum atomic E-state index is 12.4. The number of ether oxygens (including phenoxy) is 1. The lowest BCUT2D eigenvalue weighted by molar-refractivity contribution is -0.117. The van der Waals surface area contributed by atoms with Gasteiger partial charge in [0.2, 0.25) is 5.91 Å². The molecule has 1 unspecified atom stereocenters. The molecule has 1 amide bonds. The summed E-state index contributed by atoms with van der Waals surface area (Å²) in [6.07, 6.45) is 0. The van der Waals surface area contributed by atoms with Crippen LogP contribution in [0.5, 0.6) is 5.75 Å². The molecule has 0 saturated carbocycles. The van der Waals surface area contributed by atoms with Gasteiger partial charge in [-0.2, -0.15) is 0 Å². The minimum atomic E-state index is -0.329. The van der Waals surface area contributed by atoms with Crippen molar-refractivity contribution in [2.45, 2.75) is 13.0 Å². The van der Waals surface area contributed by atoms with Gasteiger partial charge in [-0.15, -0.1) is 0 Å². The molecule has 2 aromatic carbocycles. The highest BCUT2D eigenvalue weighted by Gasteiger charge is 2.19. The van der Waals surface area contributed by atoms with Crippen LogP contribution in [0.4, 0.5) is 17.1 Å². The van der Waals surface area contributed by atoms with Crippen molar-refractivity contribution in [3.8, 4) is 5.75 Å². The van der Waals surface area contributed by atoms with E-state index in [9.17, 15) is 4.79 Å². The Bertz CT molecular complexity index is 644. The molecule has 0 heterocycles. The summed E-state index contributed by atoms with van der Waals surface area (Å²) in [5, 5.41) is 2.88. The monoisotopic (exact) mass is 299 g/mol. The number of methoxy groups -OCH3 is 1. The van der Waals surface area contributed by atoms with Gasteiger partial charge in [0.25, 0.3) is 0 Å². The van der Waals surface area contributed by atoms with Gasteiger partial charge in [0.1, 0.15) is 11.8 Å². The highest BCUT2D eigenvalue weighted by Crippen LogP contribution is 2.27. The number of rotatable bonds is 5. The van der Waals surface area contributed by atoms with E-state index in [0.29, 0.717) is 17.1 Å². The normalized spacial score (nSPS) is 11.6. The number of para-hydroxylation sites is 1. The summed E-state index contributed by atoms with van der Waals surface area (Å²) >= 11 is 0. The lowest BCUT2D eigenvalue weighted by atomic mass is 10.2. The number of carbonyl (C=O) groups excluding carboxylic acids is 1. The number of anilines is 3. The quantitative estimate of drug-likeness (QED) is 0.833. The Morgan fingerprint density at radius 3 is 2.55 bits per heavy atom. The molecule has 2 aromatic rings. The van der Waals surface area contributed by atoms with E-state index in [0.717, 1.165) is 5.69 Å². The first kappa shape index (κ1) is 15.7. The van der Waals surface area contributed by atoms with Crippen LogP contribution in [0, 0.1) is 0 Å². The predicted molar refractivity (Wildman–Crippen MR) is 90.3 cm³/mol. The van der Waals surface area contributed by atoms with E-state index in [1.165, 1.54) is 0 Å². The number of hydrogen-bond acceptors (Lipinski definition) is 4. The second kappa shape index (κ2) is 6.85. The van der Waals surface area contributed by atoms with E-state index in [1.54, 1.807) is 25.3 Å². The molecular weight excluding hydrogens is 278 g/mol. The fourth-order valence-corrected chi connectivity index (χ4v) is 2.11. The smallest absolute Gasteiger partial charge is 0.246 e. The second-order valence-corrected chi connectivity index (χ2v) is 5.07. The van der Waals surface area contributed by atoms with Gasteiger partial charge < -0.3 is 20.7 Å². The van der Waals surface area contributed by atoms with Gasteiger partial charge >= 0.3 is 0 Å². The van der Waals surface area contributed by atoms with Gasteiger partial charge in [-0.25, -0.2) is 0 Å². The summed E-state index contributed by atoms with van der Waals surface area (Å²) in [5.41, 5.74) is 7.89. The zero-order valence-electron chi connectivity index (χ0n) is 13.0. The highest BCUT2D eigenvalue weighted by atomic mass is 16.5. The first-order valence-corrected chi connectivity index (χ1v) is 7.05. The Balaban J connectivity index is 2.12. The summed E-state index contributed by atoms with van der Waals surface area (Å²) in [6.45, 7) is 1.85. The molecule has 0 bridgehead atoms. The third-order valence-electron chi connectivity index (χ3n) is 3.61. The average Bonchev–Trinajstić information content (AvgIpc) is 2.55. The van der Waals surface area contributed by atoms with Crippen LogP contribution >= 0.6 is 0 Å². The number of carbonyl (C=O) groups is 1. The molecule has 5 nitrogen and oxygen atoms in total. The molecule has 116 valence electrons. The Kier molecular flexibility index (Phi) is 4.88. The summed E-state index contributed by atoms with van der Waals surface area (Å²) < 4.78 is 5.24. The SMILES string of the molecule is COc1cc(N)ccc1NC(=O)C(C)N(C)c1ccccc1. The number of hydrogen-bond donors (Lipinski definition) is 2. The van der Waals surface area contributed by atoms with E-state index in [2.05, 4.69) is 5.32 Å². The largest absolute Gasteiger partial charge is 0.494 e. The zero-order chi connectivity index (χ0) is 16.1. The number of likely N-dealkylation sites (N-methyl/N-ethyl adjacent to an activating group) is 1. The number of amides is 1. The van der Waals surface area contributed by atoms with Crippen molar-refractivity contribution in [1.29, 1.82) is 0 Å². The minimum absolute atomic E-state index is 0.116. The van der Waals surface area contributed by atoms with Crippen LogP contribution in [-0.2, 0) is 4.79 Å². The lowest BCUT2D eigenvalue weighted by Crippen LogP contribution is -2.39. The molecule has 0 aliphatic rings. The van der Waals surface area contributed by atoms with Crippen molar-refractivity contribution in [3.63, 3.8) is 0 Å². The van der Waals surface area contributed by atoms with Crippen molar-refractivity contribution in [1.82, 2.24) is 0 Å². The van der Waals surface area contributed by atoms with Crippen LogP contribution in [0.15, 0.2) is 48.5 Å². The van der Waals surface area contributed by atoms with Gasteiger partial charge in [-0.05, 0) is 31.2 Å². The van der Waals surface area contributed by atoms with Crippen LogP contribution in [0.3, 0.4) is 0 Å². The van der Waals surface area contributed by atoms with E-state index in [-0.39, 0.29) is 11.9 Å². The number of nitrogens with two attached hydrogens (primary N) is 1. The van der Waals surface area contributed by atoms with E-state index >= 15 is 0 Å². The standard InChI is InChI=1S/C17H21N3O2/c1-12(20(2)14-7-5-4-6-8-14)17(21)19-15-10-9-13(18)11-16(15)22-3/h4-12H,18H2,1-3H3,(H,19,21). The first-order chi connectivity index (χ1) is 10.5. The Labute approximate surface area is 130 Å². The fraction of sp³-hybridized carbons (Fsp3) is 0.235. The maximum Gasteiger partial charge on any atom is 0.246 e. The molecule has 1 atom stereocenters. The Morgan fingerprint density at radius 2 is 1.91 bits per heavy atom. The molecule has 0 spiro atoms. The molecule has 0 aliphatic heterocycles. The topological polar surface area (TPSA) is 67.6 Å². The van der Waals surface area contributed by atoms with E-state index < -0.39 is 0 Å². The molecule has 0 saturated heterocycles. The summed E-state index contributed by atoms with van der Waals surface area (Å²) in [7, 11) is 3.43. The van der Waals surface area contributed by atoms with Crippen molar-refractivity contribution in [3.05, 3.63) is 48.5 Å². The first-order valence-electron chi connectivity index (χ1n) is 7.05. The summed E-state index contributed by atoms with van der Waals surface area (Å²) in [5.74, 6) is 0.428. The average molecular weight is 299 g/mol. The molecule has 0 radical (unpaired) electrons. The Hall–Kier alpha value is -2.69. The van der Waals surface area contributed by atoms with Crippen LogP contribution in [0.1, 0.15) is 6.92 Å². The van der Waals surface area contributed by atoms with Crippen molar-refractivity contribution < 1.29 is 9.53 Å². The predicted octanol–water partition coefficient (Wildman–Crippen LogP) is 2.74. The highest BCUT2D eigenvalue weighted by molar-refractivity contribution is 5.97. The molecule has 0 aliphatic carbocycles. The number of nitrogen functional groups attached to an aromatic ring is 1. The van der Waals surface area contributed by atoms with Crippen molar-refractivity contribution >= 4 is 23.0 Å². The van der Waals surface area contributed by atoms with Crippen LogP contribution in [-0.4, -0.2) is 26.1 Å². The fourth-order valence-electron chi connectivity index (χ4n) is 2.11. The molecule has 22 heavy (non-hydrogen) atoms. The molecule has 0 aromatic heterocycles.